The van der Waals surface area contributed by atoms with Gasteiger partial charge in [0.15, 0.2) is 0 Å². The molecule has 0 saturated carbocycles. The first-order chi connectivity index (χ1) is 8.49. The van der Waals surface area contributed by atoms with E-state index in [1.54, 1.807) is 0 Å². The maximum Gasteiger partial charge on any atom is 0.297 e. The number of halogens is 1. The Hall–Kier alpha value is -3.00. The molecule has 0 spiro atoms. The van der Waals surface area contributed by atoms with Gasteiger partial charge in [-0.1, -0.05) is 0 Å². The Morgan fingerprint density at radius 3 is 2.61 bits per heavy atom. The first-order valence-electron chi connectivity index (χ1n) is 4.58. The second-order valence-electron chi connectivity index (χ2n) is 3.17. The van der Waals surface area contributed by atoms with Gasteiger partial charge in [-0.3, -0.25) is 15.5 Å². The maximum absolute atomic E-state index is 13.2. The first-order valence-corrected chi connectivity index (χ1v) is 4.58. The Morgan fingerprint density at radius 2 is 2.11 bits per heavy atom. The summed E-state index contributed by atoms with van der Waals surface area (Å²) in [6.07, 6.45) is 0. The molecule has 0 bridgehead atoms. The summed E-state index contributed by atoms with van der Waals surface area (Å²) >= 11 is 0. The Bertz CT molecular complexity index is 596. The molecule has 0 unspecified atom stereocenters. The highest BCUT2D eigenvalue weighted by Crippen LogP contribution is 2.27. The molecule has 1 N–H and O–H groups in total. The Balaban J connectivity index is 3.21. The first kappa shape index (κ1) is 13.1. The van der Waals surface area contributed by atoms with Crippen LogP contribution in [0.4, 0.5) is 15.8 Å². The van der Waals surface area contributed by atoms with Crippen LogP contribution >= 0.6 is 0 Å². The van der Waals surface area contributed by atoms with Crippen LogP contribution in [0.3, 0.4) is 0 Å². The molecule has 1 rings (SSSR count). The fourth-order valence-electron chi connectivity index (χ4n) is 1.10. The van der Waals surface area contributed by atoms with E-state index in [1.165, 1.54) is 25.1 Å². The van der Waals surface area contributed by atoms with Gasteiger partial charge in [0.25, 0.3) is 5.69 Å². The molecule has 0 atom stereocenters. The topological polar surface area (TPSA) is 115 Å². The quantitative estimate of drug-likeness (QED) is 0.497. The summed E-state index contributed by atoms with van der Waals surface area (Å²) in [5, 5.41) is 30.9. The molecule has 0 aliphatic carbocycles. The van der Waals surface area contributed by atoms with Crippen molar-refractivity contribution in [2.75, 3.05) is 5.43 Å². The van der Waals surface area contributed by atoms with Crippen molar-refractivity contribution in [3.05, 3.63) is 33.6 Å². The SMILES string of the molecule is Cc1cc(NN=C(C#N)C#N)c([N+](=O)[O-])cc1F. The average Bonchev–Trinajstić information content (AvgIpc) is 2.34. The van der Waals surface area contributed by atoms with E-state index in [4.69, 9.17) is 10.5 Å². The number of benzene rings is 1. The number of hydrazone groups is 1. The fourth-order valence-corrected chi connectivity index (χ4v) is 1.10. The fraction of sp³-hybridized carbons (Fsp3) is 0.100. The Labute approximate surface area is 101 Å². The van der Waals surface area contributed by atoms with Crippen LogP contribution in [0.5, 0.6) is 0 Å². The third-order valence-electron chi connectivity index (χ3n) is 1.97. The number of anilines is 1. The lowest BCUT2D eigenvalue weighted by atomic mass is 10.2. The van der Waals surface area contributed by atoms with Gasteiger partial charge in [0.1, 0.15) is 23.6 Å². The molecule has 1 aromatic carbocycles. The van der Waals surface area contributed by atoms with Crippen molar-refractivity contribution in [2.45, 2.75) is 6.92 Å². The number of rotatable bonds is 3. The number of nitro groups is 1. The van der Waals surface area contributed by atoms with Crippen LogP contribution in [0.25, 0.3) is 0 Å². The van der Waals surface area contributed by atoms with E-state index in [-0.39, 0.29) is 11.3 Å². The normalized spacial score (nSPS) is 8.89. The summed E-state index contributed by atoms with van der Waals surface area (Å²) in [6, 6.07) is 4.87. The molecule has 8 heteroatoms. The average molecular weight is 247 g/mol. The van der Waals surface area contributed by atoms with E-state index in [2.05, 4.69) is 10.5 Å². The molecule has 1 aromatic rings. The number of hydrogen-bond donors (Lipinski definition) is 1. The van der Waals surface area contributed by atoms with Crippen molar-refractivity contribution in [3.63, 3.8) is 0 Å². The van der Waals surface area contributed by atoms with E-state index in [0.29, 0.717) is 0 Å². The predicted octanol–water partition coefficient (Wildman–Crippen LogP) is 1.86. The van der Waals surface area contributed by atoms with Crippen LogP contribution in [0.1, 0.15) is 5.56 Å². The highest BCUT2D eigenvalue weighted by Gasteiger charge is 2.16. The van der Waals surface area contributed by atoms with Crippen molar-refractivity contribution >= 4 is 17.1 Å². The molecule has 18 heavy (non-hydrogen) atoms. The smallest absolute Gasteiger partial charge is 0.270 e. The summed E-state index contributed by atoms with van der Waals surface area (Å²) in [4.78, 5) is 9.90. The van der Waals surface area contributed by atoms with Crippen molar-refractivity contribution in [2.24, 2.45) is 5.10 Å². The maximum atomic E-state index is 13.2. The van der Waals surface area contributed by atoms with Crippen molar-refractivity contribution < 1.29 is 9.31 Å². The minimum atomic E-state index is -0.793. The predicted molar refractivity (Wildman–Crippen MR) is 60.1 cm³/mol. The molecule has 0 aliphatic heterocycles. The van der Waals surface area contributed by atoms with Gasteiger partial charge in [-0.2, -0.15) is 15.6 Å². The van der Waals surface area contributed by atoms with Crippen molar-refractivity contribution in [1.82, 2.24) is 0 Å². The molecule has 0 aromatic heterocycles. The lowest BCUT2D eigenvalue weighted by Crippen LogP contribution is -2.01. The second kappa shape index (κ2) is 5.37. The zero-order valence-corrected chi connectivity index (χ0v) is 9.14. The van der Waals surface area contributed by atoms with Crippen LogP contribution in [-0.2, 0) is 0 Å². The number of nitro benzene ring substituents is 1. The standard InChI is InChI=1S/C10H6FN5O2/c1-6-2-9(15-14-7(4-12)5-13)10(16(17)18)3-8(6)11/h2-3,15H,1H3. The molecule has 90 valence electrons. The van der Waals surface area contributed by atoms with Crippen molar-refractivity contribution in [1.29, 1.82) is 10.5 Å². The Kier molecular flexibility index (Phi) is 3.89. The largest absolute Gasteiger partial charge is 0.297 e. The van der Waals surface area contributed by atoms with Gasteiger partial charge in [-0.05, 0) is 18.6 Å². The van der Waals surface area contributed by atoms with Gasteiger partial charge in [-0.25, -0.2) is 4.39 Å². The van der Waals surface area contributed by atoms with Gasteiger partial charge >= 0.3 is 0 Å². The summed E-state index contributed by atoms with van der Waals surface area (Å²) in [5.74, 6) is -0.725. The third-order valence-corrected chi connectivity index (χ3v) is 1.97. The minimum absolute atomic E-state index is 0.0955. The number of nitrogens with one attached hydrogen (secondary N) is 1. The van der Waals surface area contributed by atoms with E-state index in [1.807, 2.05) is 0 Å². The zero-order valence-electron chi connectivity index (χ0n) is 9.14. The Morgan fingerprint density at radius 1 is 1.50 bits per heavy atom. The summed E-state index contributed by atoms with van der Waals surface area (Å²) in [5.41, 5.74) is 1.25. The van der Waals surface area contributed by atoms with E-state index in [9.17, 15) is 14.5 Å². The van der Waals surface area contributed by atoms with Gasteiger partial charge in [-0.15, -0.1) is 0 Å². The molecule has 0 saturated heterocycles. The molecule has 0 fully saturated rings. The molecular formula is C10H6FN5O2. The van der Waals surface area contributed by atoms with Crippen LogP contribution in [0.15, 0.2) is 17.2 Å². The number of hydrogen-bond acceptors (Lipinski definition) is 6. The van der Waals surface area contributed by atoms with E-state index >= 15 is 0 Å². The van der Waals surface area contributed by atoms with Crippen LogP contribution in [0, 0.1) is 45.5 Å². The molecule has 0 aliphatic rings. The van der Waals surface area contributed by atoms with Crippen molar-refractivity contribution in [3.8, 4) is 12.1 Å². The molecule has 0 radical (unpaired) electrons. The lowest BCUT2D eigenvalue weighted by Gasteiger charge is -2.04. The lowest BCUT2D eigenvalue weighted by molar-refractivity contribution is -0.384. The van der Waals surface area contributed by atoms with Crippen LogP contribution in [-0.4, -0.2) is 10.6 Å². The van der Waals surface area contributed by atoms with E-state index < -0.39 is 22.1 Å². The number of nitriles is 2. The summed E-state index contributed by atoms with van der Waals surface area (Å²) in [6.45, 7) is 1.42. The summed E-state index contributed by atoms with van der Waals surface area (Å²) in [7, 11) is 0. The van der Waals surface area contributed by atoms with Gasteiger partial charge < -0.3 is 0 Å². The molecular weight excluding hydrogens is 241 g/mol. The van der Waals surface area contributed by atoms with E-state index in [0.717, 1.165) is 6.07 Å². The monoisotopic (exact) mass is 247 g/mol. The zero-order chi connectivity index (χ0) is 13.7. The van der Waals surface area contributed by atoms with Gasteiger partial charge in [0.2, 0.25) is 5.71 Å². The van der Waals surface area contributed by atoms with Crippen LogP contribution in [0.2, 0.25) is 0 Å². The number of aryl methyl sites for hydroxylation is 1. The molecule has 0 amide bonds. The molecule has 0 heterocycles. The highest BCUT2D eigenvalue weighted by molar-refractivity contribution is 6.10. The number of nitrogens with zero attached hydrogens (tertiary/aromatic N) is 4. The van der Waals surface area contributed by atoms with Gasteiger partial charge in [0.05, 0.1) is 11.0 Å². The summed E-state index contributed by atoms with van der Waals surface area (Å²) < 4.78 is 13.2. The second-order valence-corrected chi connectivity index (χ2v) is 3.17. The third kappa shape index (κ3) is 2.77. The van der Waals surface area contributed by atoms with Crippen LogP contribution < -0.4 is 5.43 Å². The van der Waals surface area contributed by atoms with Gasteiger partial charge in [0, 0.05) is 0 Å². The highest BCUT2D eigenvalue weighted by atomic mass is 19.1. The minimum Gasteiger partial charge on any atom is -0.270 e. The molecule has 7 nitrogen and oxygen atoms in total.